The molecule has 1 atom stereocenters. The number of fused-ring (bicyclic) bond motifs is 1. The Labute approximate surface area is 208 Å². The molecular weight excluding hydrogens is 422 g/mol. The highest BCUT2D eigenvalue weighted by Gasteiger charge is 2.30. The SMILES string of the molecule is CCCCCCCCCCCCC(=O)N1Cc2ccccc2CC1CC(=O)NCCCCCN. The van der Waals surface area contributed by atoms with E-state index in [1.807, 2.05) is 11.0 Å². The monoisotopic (exact) mass is 471 g/mol. The van der Waals surface area contributed by atoms with E-state index in [1.165, 1.54) is 62.5 Å². The molecule has 1 heterocycles. The summed E-state index contributed by atoms with van der Waals surface area (Å²) in [5.74, 6) is 0.253. The van der Waals surface area contributed by atoms with Crippen LogP contribution in [0.5, 0.6) is 0 Å². The summed E-state index contributed by atoms with van der Waals surface area (Å²) in [5, 5.41) is 3.04. The molecule has 2 rings (SSSR count). The van der Waals surface area contributed by atoms with Gasteiger partial charge in [-0.25, -0.2) is 0 Å². The Bertz CT molecular complexity index is 706. The number of nitrogens with two attached hydrogens (primary N) is 1. The molecule has 1 aliphatic heterocycles. The van der Waals surface area contributed by atoms with Crippen LogP contribution in [0.4, 0.5) is 0 Å². The van der Waals surface area contributed by atoms with Gasteiger partial charge in [0.05, 0.1) is 0 Å². The van der Waals surface area contributed by atoms with Crippen LogP contribution in [0, 0.1) is 0 Å². The van der Waals surface area contributed by atoms with Crippen molar-refractivity contribution < 1.29 is 9.59 Å². The summed E-state index contributed by atoms with van der Waals surface area (Å²) in [7, 11) is 0. The summed E-state index contributed by atoms with van der Waals surface area (Å²) in [6, 6.07) is 8.29. The summed E-state index contributed by atoms with van der Waals surface area (Å²) >= 11 is 0. The van der Waals surface area contributed by atoms with E-state index in [2.05, 4.69) is 30.4 Å². The zero-order valence-electron chi connectivity index (χ0n) is 21.7. The maximum Gasteiger partial charge on any atom is 0.223 e. The summed E-state index contributed by atoms with van der Waals surface area (Å²) in [4.78, 5) is 27.7. The van der Waals surface area contributed by atoms with Crippen molar-refractivity contribution in [2.75, 3.05) is 13.1 Å². The van der Waals surface area contributed by atoms with Crippen molar-refractivity contribution in [3.63, 3.8) is 0 Å². The first-order valence-electron chi connectivity index (χ1n) is 14.0. The molecule has 192 valence electrons. The van der Waals surface area contributed by atoms with Gasteiger partial charge in [0, 0.05) is 32.0 Å². The molecule has 0 aliphatic carbocycles. The van der Waals surface area contributed by atoms with Crippen LogP contribution in [-0.4, -0.2) is 35.8 Å². The topological polar surface area (TPSA) is 75.4 Å². The highest BCUT2D eigenvalue weighted by Crippen LogP contribution is 2.26. The molecule has 5 heteroatoms. The number of benzene rings is 1. The van der Waals surface area contributed by atoms with E-state index in [0.717, 1.165) is 38.5 Å². The molecule has 1 aromatic carbocycles. The van der Waals surface area contributed by atoms with Crippen LogP contribution in [0.2, 0.25) is 0 Å². The highest BCUT2D eigenvalue weighted by molar-refractivity contribution is 5.80. The van der Waals surface area contributed by atoms with Gasteiger partial charge in [0.1, 0.15) is 0 Å². The lowest BCUT2D eigenvalue weighted by molar-refractivity contribution is -0.136. The minimum Gasteiger partial charge on any atom is -0.356 e. The molecule has 0 fully saturated rings. The van der Waals surface area contributed by atoms with Crippen molar-refractivity contribution in [3.8, 4) is 0 Å². The summed E-state index contributed by atoms with van der Waals surface area (Å²) < 4.78 is 0. The zero-order chi connectivity index (χ0) is 24.4. The normalized spacial score (nSPS) is 15.2. The van der Waals surface area contributed by atoms with E-state index < -0.39 is 0 Å². The predicted molar refractivity (Wildman–Crippen MR) is 141 cm³/mol. The largest absolute Gasteiger partial charge is 0.356 e. The van der Waals surface area contributed by atoms with Crippen molar-refractivity contribution in [3.05, 3.63) is 35.4 Å². The molecule has 1 aliphatic rings. The molecule has 0 saturated heterocycles. The van der Waals surface area contributed by atoms with Crippen LogP contribution >= 0.6 is 0 Å². The Morgan fingerprint density at radius 2 is 1.50 bits per heavy atom. The fraction of sp³-hybridized carbons (Fsp3) is 0.724. The van der Waals surface area contributed by atoms with E-state index in [1.54, 1.807) is 0 Å². The molecular formula is C29H49N3O2. The van der Waals surface area contributed by atoms with E-state index in [4.69, 9.17) is 5.73 Å². The van der Waals surface area contributed by atoms with E-state index in [9.17, 15) is 9.59 Å². The first kappa shape index (κ1) is 28.4. The second-order valence-electron chi connectivity index (χ2n) is 9.98. The van der Waals surface area contributed by atoms with Crippen LogP contribution in [-0.2, 0) is 22.6 Å². The van der Waals surface area contributed by atoms with Gasteiger partial charge in [-0.05, 0) is 43.4 Å². The lowest BCUT2D eigenvalue weighted by Crippen LogP contribution is -2.46. The smallest absolute Gasteiger partial charge is 0.223 e. The highest BCUT2D eigenvalue weighted by atomic mass is 16.2. The second-order valence-corrected chi connectivity index (χ2v) is 9.98. The average Bonchev–Trinajstić information content (AvgIpc) is 2.84. The Morgan fingerprint density at radius 1 is 0.882 bits per heavy atom. The lowest BCUT2D eigenvalue weighted by Gasteiger charge is -2.37. The van der Waals surface area contributed by atoms with Crippen LogP contribution in [0.3, 0.4) is 0 Å². The molecule has 2 amide bonds. The number of carbonyl (C=O) groups excluding carboxylic acids is 2. The van der Waals surface area contributed by atoms with Crippen LogP contribution < -0.4 is 11.1 Å². The minimum absolute atomic E-state index is 0.0467. The fourth-order valence-electron chi connectivity index (χ4n) is 4.93. The van der Waals surface area contributed by atoms with Gasteiger partial charge in [0.25, 0.3) is 0 Å². The van der Waals surface area contributed by atoms with Gasteiger partial charge in [0.15, 0.2) is 0 Å². The van der Waals surface area contributed by atoms with E-state index in [0.29, 0.717) is 32.5 Å². The maximum absolute atomic E-state index is 13.2. The Morgan fingerprint density at radius 3 is 2.18 bits per heavy atom. The number of amides is 2. The summed E-state index contributed by atoms with van der Waals surface area (Å²) in [6.45, 7) is 4.27. The number of hydrogen-bond acceptors (Lipinski definition) is 3. The van der Waals surface area contributed by atoms with Gasteiger partial charge in [-0.3, -0.25) is 9.59 Å². The summed E-state index contributed by atoms with van der Waals surface area (Å²) in [5.41, 5.74) is 8.03. The number of nitrogens with one attached hydrogen (secondary N) is 1. The lowest BCUT2D eigenvalue weighted by atomic mass is 9.91. The first-order valence-corrected chi connectivity index (χ1v) is 14.0. The Hall–Kier alpha value is -1.88. The number of carbonyl (C=O) groups is 2. The van der Waals surface area contributed by atoms with Gasteiger partial charge in [-0.15, -0.1) is 0 Å². The van der Waals surface area contributed by atoms with Gasteiger partial charge in [-0.1, -0.05) is 95.4 Å². The van der Waals surface area contributed by atoms with Crippen molar-refractivity contribution in [2.24, 2.45) is 5.73 Å². The molecule has 34 heavy (non-hydrogen) atoms. The molecule has 0 bridgehead atoms. The standard InChI is InChI=1S/C29H49N3O2/c1-2-3-4-5-6-7-8-9-10-12-19-29(34)32-24-26-18-14-13-17-25(26)22-27(32)23-28(33)31-21-16-11-15-20-30/h13-14,17-18,27H,2-12,15-16,19-24,30H2,1H3,(H,31,33). The predicted octanol–water partition coefficient (Wildman–Crippen LogP) is 5.89. The second kappa shape index (κ2) is 17.5. The number of nitrogens with zero attached hydrogens (tertiary/aromatic N) is 1. The average molecular weight is 472 g/mol. The molecule has 0 saturated carbocycles. The quantitative estimate of drug-likeness (QED) is 0.262. The Kier molecular flexibility index (Phi) is 14.6. The third kappa shape index (κ3) is 11.0. The Balaban J connectivity index is 1.75. The molecule has 5 nitrogen and oxygen atoms in total. The van der Waals surface area contributed by atoms with Gasteiger partial charge < -0.3 is 16.0 Å². The van der Waals surface area contributed by atoms with E-state index >= 15 is 0 Å². The molecule has 1 aromatic rings. The van der Waals surface area contributed by atoms with Gasteiger partial charge in [-0.2, -0.15) is 0 Å². The minimum atomic E-state index is -0.0467. The number of rotatable bonds is 18. The van der Waals surface area contributed by atoms with Crippen LogP contribution in [0.1, 0.15) is 114 Å². The van der Waals surface area contributed by atoms with Gasteiger partial charge in [0.2, 0.25) is 11.8 Å². The van der Waals surface area contributed by atoms with Crippen molar-refractivity contribution in [1.82, 2.24) is 10.2 Å². The molecule has 1 unspecified atom stereocenters. The van der Waals surface area contributed by atoms with Crippen molar-refractivity contribution >= 4 is 11.8 Å². The number of unbranched alkanes of at least 4 members (excludes halogenated alkanes) is 11. The van der Waals surface area contributed by atoms with Crippen molar-refractivity contribution in [2.45, 2.75) is 122 Å². The first-order chi connectivity index (χ1) is 16.7. The van der Waals surface area contributed by atoms with Crippen molar-refractivity contribution in [1.29, 1.82) is 0 Å². The fourth-order valence-corrected chi connectivity index (χ4v) is 4.93. The molecule has 3 N–H and O–H groups in total. The van der Waals surface area contributed by atoms with Gasteiger partial charge >= 0.3 is 0 Å². The third-order valence-corrected chi connectivity index (χ3v) is 7.04. The zero-order valence-corrected chi connectivity index (χ0v) is 21.7. The van der Waals surface area contributed by atoms with Crippen LogP contribution in [0.15, 0.2) is 24.3 Å². The molecule has 0 aromatic heterocycles. The van der Waals surface area contributed by atoms with Crippen LogP contribution in [0.25, 0.3) is 0 Å². The third-order valence-electron chi connectivity index (χ3n) is 7.04. The number of hydrogen-bond donors (Lipinski definition) is 2. The summed E-state index contributed by atoms with van der Waals surface area (Å²) in [6.07, 6.45) is 17.4. The molecule has 0 radical (unpaired) electrons. The maximum atomic E-state index is 13.2. The van der Waals surface area contributed by atoms with E-state index in [-0.39, 0.29) is 17.9 Å². The molecule has 0 spiro atoms.